The quantitative estimate of drug-likeness (QED) is 0.488. The molecule has 19 heavy (non-hydrogen) atoms. The topological polar surface area (TPSA) is 104 Å². The lowest BCUT2D eigenvalue weighted by atomic mass is 10.4. The summed E-state index contributed by atoms with van der Waals surface area (Å²) in [6, 6.07) is 0. The van der Waals surface area contributed by atoms with E-state index in [0.29, 0.717) is 6.42 Å². The van der Waals surface area contributed by atoms with Gasteiger partial charge in [0.15, 0.2) is 0 Å². The Labute approximate surface area is 114 Å². The SMILES string of the molecule is CCCCS(=O)(=O)N(CCOCCO)CCC(=O)O. The maximum Gasteiger partial charge on any atom is 0.304 e. The smallest absolute Gasteiger partial charge is 0.304 e. The van der Waals surface area contributed by atoms with Gasteiger partial charge in [0.1, 0.15) is 0 Å². The van der Waals surface area contributed by atoms with Crippen LogP contribution in [-0.2, 0) is 19.6 Å². The molecule has 0 amide bonds. The first-order chi connectivity index (χ1) is 8.94. The standard InChI is InChI=1S/C11H23NO6S/c1-2-3-10-19(16,17)12(5-4-11(14)15)6-8-18-9-7-13/h13H,2-10H2,1H3,(H,14,15). The van der Waals surface area contributed by atoms with Gasteiger partial charge in [0.05, 0.1) is 32.0 Å². The van der Waals surface area contributed by atoms with Crippen molar-refractivity contribution < 1.29 is 28.2 Å². The van der Waals surface area contributed by atoms with Gasteiger partial charge in [-0.3, -0.25) is 4.79 Å². The molecule has 0 aliphatic carbocycles. The second-order valence-electron chi connectivity index (χ2n) is 4.05. The third kappa shape index (κ3) is 8.93. The predicted molar refractivity (Wildman–Crippen MR) is 70.4 cm³/mol. The lowest BCUT2D eigenvalue weighted by molar-refractivity contribution is -0.137. The molecule has 8 heteroatoms. The largest absolute Gasteiger partial charge is 0.481 e. The second-order valence-corrected chi connectivity index (χ2v) is 6.14. The van der Waals surface area contributed by atoms with Crippen LogP contribution in [0.15, 0.2) is 0 Å². The van der Waals surface area contributed by atoms with Crippen LogP contribution < -0.4 is 0 Å². The molecule has 2 N–H and O–H groups in total. The van der Waals surface area contributed by atoms with Crippen LogP contribution in [0.5, 0.6) is 0 Å². The summed E-state index contributed by atoms with van der Waals surface area (Å²) in [5.41, 5.74) is 0. The molecule has 114 valence electrons. The van der Waals surface area contributed by atoms with Crippen molar-refractivity contribution in [2.45, 2.75) is 26.2 Å². The van der Waals surface area contributed by atoms with Gasteiger partial charge >= 0.3 is 5.97 Å². The molecule has 0 heterocycles. The molecular formula is C11H23NO6S. The summed E-state index contributed by atoms with van der Waals surface area (Å²) in [5.74, 6) is -1.02. The normalized spacial score (nSPS) is 11.9. The monoisotopic (exact) mass is 297 g/mol. The molecule has 0 unspecified atom stereocenters. The van der Waals surface area contributed by atoms with Crippen molar-refractivity contribution in [1.82, 2.24) is 4.31 Å². The zero-order valence-electron chi connectivity index (χ0n) is 11.2. The number of hydrogen-bond donors (Lipinski definition) is 2. The van der Waals surface area contributed by atoms with Crippen molar-refractivity contribution in [2.75, 3.05) is 38.7 Å². The number of aliphatic hydroxyl groups excluding tert-OH is 1. The number of aliphatic carboxylic acids is 1. The van der Waals surface area contributed by atoms with E-state index in [1.807, 2.05) is 6.92 Å². The lowest BCUT2D eigenvalue weighted by Gasteiger charge is -2.21. The van der Waals surface area contributed by atoms with E-state index >= 15 is 0 Å². The Kier molecular flexibility index (Phi) is 9.76. The highest BCUT2D eigenvalue weighted by Crippen LogP contribution is 2.06. The summed E-state index contributed by atoms with van der Waals surface area (Å²) in [6.07, 6.45) is 1.07. The first-order valence-corrected chi connectivity index (χ1v) is 7.93. The van der Waals surface area contributed by atoms with E-state index in [2.05, 4.69) is 0 Å². The van der Waals surface area contributed by atoms with E-state index in [4.69, 9.17) is 14.9 Å². The Balaban J connectivity index is 4.42. The molecule has 7 nitrogen and oxygen atoms in total. The summed E-state index contributed by atoms with van der Waals surface area (Å²) in [4.78, 5) is 10.5. The van der Waals surface area contributed by atoms with Crippen LogP contribution in [0.3, 0.4) is 0 Å². The highest BCUT2D eigenvalue weighted by Gasteiger charge is 2.21. The molecule has 0 aromatic rings. The van der Waals surface area contributed by atoms with E-state index in [1.165, 1.54) is 0 Å². The summed E-state index contributed by atoms with van der Waals surface area (Å²) in [6.45, 7) is 2.11. The van der Waals surface area contributed by atoms with Crippen molar-refractivity contribution in [1.29, 1.82) is 0 Å². The number of unbranched alkanes of at least 4 members (excludes halogenated alkanes) is 1. The van der Waals surface area contributed by atoms with E-state index in [0.717, 1.165) is 10.7 Å². The highest BCUT2D eigenvalue weighted by atomic mass is 32.2. The molecule has 0 aromatic carbocycles. The first kappa shape index (κ1) is 18.3. The number of hydrogen-bond acceptors (Lipinski definition) is 5. The zero-order valence-corrected chi connectivity index (χ0v) is 12.1. The molecule has 0 radical (unpaired) electrons. The van der Waals surface area contributed by atoms with Gasteiger partial charge in [-0.1, -0.05) is 13.3 Å². The third-order valence-electron chi connectivity index (χ3n) is 2.44. The molecule has 0 saturated heterocycles. The third-order valence-corrected chi connectivity index (χ3v) is 4.40. The van der Waals surface area contributed by atoms with Gasteiger partial charge in [-0.2, -0.15) is 4.31 Å². The molecule has 0 aliphatic heterocycles. The molecular weight excluding hydrogens is 274 g/mol. The summed E-state index contributed by atoms with van der Waals surface area (Å²) in [7, 11) is -3.44. The van der Waals surface area contributed by atoms with Crippen molar-refractivity contribution in [2.24, 2.45) is 0 Å². The fraction of sp³-hybridized carbons (Fsp3) is 0.909. The van der Waals surface area contributed by atoms with Crippen molar-refractivity contribution >= 4 is 16.0 Å². The van der Waals surface area contributed by atoms with Gasteiger partial charge in [0.25, 0.3) is 0 Å². The Hall–Kier alpha value is -0.700. The maximum atomic E-state index is 12.0. The van der Waals surface area contributed by atoms with Gasteiger partial charge in [-0.25, -0.2) is 8.42 Å². The van der Waals surface area contributed by atoms with Crippen LogP contribution in [0.4, 0.5) is 0 Å². The molecule has 0 aliphatic rings. The Morgan fingerprint density at radius 1 is 1.26 bits per heavy atom. The lowest BCUT2D eigenvalue weighted by Crippen LogP contribution is -2.37. The van der Waals surface area contributed by atoms with Crippen LogP contribution in [0.1, 0.15) is 26.2 Å². The minimum Gasteiger partial charge on any atom is -0.481 e. The van der Waals surface area contributed by atoms with E-state index in [9.17, 15) is 13.2 Å². The number of carboxylic acids is 1. The van der Waals surface area contributed by atoms with E-state index in [-0.39, 0.29) is 45.1 Å². The van der Waals surface area contributed by atoms with Gasteiger partial charge in [0.2, 0.25) is 10.0 Å². The van der Waals surface area contributed by atoms with Crippen LogP contribution in [-0.4, -0.2) is 67.6 Å². The molecule has 0 spiro atoms. The van der Waals surface area contributed by atoms with Crippen molar-refractivity contribution in [3.05, 3.63) is 0 Å². The minimum atomic E-state index is -3.44. The fourth-order valence-electron chi connectivity index (χ4n) is 1.40. The number of nitrogens with zero attached hydrogens (tertiary/aromatic N) is 1. The Morgan fingerprint density at radius 2 is 1.95 bits per heavy atom. The van der Waals surface area contributed by atoms with E-state index < -0.39 is 16.0 Å². The number of rotatable bonds is 12. The number of carbonyl (C=O) groups is 1. The van der Waals surface area contributed by atoms with Crippen LogP contribution in [0, 0.1) is 0 Å². The maximum absolute atomic E-state index is 12.0. The summed E-state index contributed by atoms with van der Waals surface area (Å²) >= 11 is 0. The van der Waals surface area contributed by atoms with E-state index in [1.54, 1.807) is 0 Å². The van der Waals surface area contributed by atoms with Gasteiger partial charge < -0.3 is 14.9 Å². The van der Waals surface area contributed by atoms with Gasteiger partial charge in [0, 0.05) is 13.1 Å². The average Bonchev–Trinajstić information content (AvgIpc) is 2.35. The highest BCUT2D eigenvalue weighted by molar-refractivity contribution is 7.89. The Morgan fingerprint density at radius 3 is 2.47 bits per heavy atom. The molecule has 0 bridgehead atoms. The predicted octanol–water partition coefficient (Wildman–Crippen LogP) is -0.0981. The van der Waals surface area contributed by atoms with Gasteiger partial charge in [-0.05, 0) is 6.42 Å². The van der Waals surface area contributed by atoms with Crippen molar-refractivity contribution in [3.8, 4) is 0 Å². The average molecular weight is 297 g/mol. The number of ether oxygens (including phenoxy) is 1. The zero-order chi connectivity index (χ0) is 14.7. The number of carboxylic acid groups (broad SMARTS) is 1. The van der Waals surface area contributed by atoms with Gasteiger partial charge in [-0.15, -0.1) is 0 Å². The Bertz CT molecular complexity index is 343. The molecule has 0 saturated carbocycles. The van der Waals surface area contributed by atoms with Crippen LogP contribution in [0.2, 0.25) is 0 Å². The number of aliphatic hydroxyl groups is 1. The fourth-order valence-corrected chi connectivity index (χ4v) is 3.03. The minimum absolute atomic E-state index is 0.0170. The van der Waals surface area contributed by atoms with Crippen LogP contribution >= 0.6 is 0 Å². The summed E-state index contributed by atoms with van der Waals surface area (Å²) in [5, 5.41) is 17.2. The second kappa shape index (κ2) is 10.1. The molecule has 0 fully saturated rings. The number of sulfonamides is 1. The molecule has 0 atom stereocenters. The molecule has 0 aromatic heterocycles. The molecule has 0 rings (SSSR count). The summed E-state index contributed by atoms with van der Waals surface area (Å²) < 4.78 is 30.2. The first-order valence-electron chi connectivity index (χ1n) is 6.32. The van der Waals surface area contributed by atoms with Crippen LogP contribution in [0.25, 0.3) is 0 Å². The van der Waals surface area contributed by atoms with Crippen molar-refractivity contribution in [3.63, 3.8) is 0 Å².